The van der Waals surface area contributed by atoms with Crippen molar-refractivity contribution in [2.45, 2.75) is 25.3 Å². The zero-order valence-corrected chi connectivity index (χ0v) is 21.4. The van der Waals surface area contributed by atoms with Gasteiger partial charge in [-0.15, -0.1) is 0 Å². The molecule has 192 valence electrons. The molecule has 0 saturated carbocycles. The lowest BCUT2D eigenvalue weighted by Crippen LogP contribution is -2.47. The summed E-state index contributed by atoms with van der Waals surface area (Å²) in [6, 6.07) is 6.03. The predicted molar refractivity (Wildman–Crippen MR) is 135 cm³/mol. The molecule has 1 aliphatic rings. The molecule has 1 amide bonds. The summed E-state index contributed by atoms with van der Waals surface area (Å²) < 4.78 is 72.7. The van der Waals surface area contributed by atoms with Gasteiger partial charge in [-0.25, -0.2) is 18.0 Å². The number of carboxylic acid groups (broad SMARTS) is 1. The zero-order chi connectivity index (χ0) is 25.6. The first-order valence-corrected chi connectivity index (χ1v) is 13.3. The average Bonchev–Trinajstić information content (AvgIpc) is 2.80. The molecule has 0 unspecified atom stereocenters. The number of amides is 1. The Bertz CT molecular complexity index is 1160. The molecule has 35 heavy (non-hydrogen) atoms. The Kier molecular flexibility index (Phi) is 9.43. The van der Waals surface area contributed by atoms with E-state index in [0.29, 0.717) is 35.9 Å². The summed E-state index contributed by atoms with van der Waals surface area (Å²) in [6.07, 6.45) is 0.548. The molecule has 14 heteroatoms. The van der Waals surface area contributed by atoms with E-state index in [2.05, 4.69) is 20.7 Å². The standard InChI is InChI=1S/C21H25F3IN5O4S/c22-15-3-5-18(20(19(15)24)28-17-4-2-13(25)12-16(17)23)29-35(33,34)30-10-6-14(7-11-30)26-8-1-9-27-21(31)32/h2-5,12,14,26-29H,1,6-11H2,(H,31,32). The highest BCUT2D eigenvalue weighted by molar-refractivity contribution is 14.1. The van der Waals surface area contributed by atoms with E-state index in [4.69, 9.17) is 5.11 Å². The molecule has 1 aliphatic heterocycles. The van der Waals surface area contributed by atoms with Gasteiger partial charge in [0.25, 0.3) is 0 Å². The molecule has 1 heterocycles. The summed E-state index contributed by atoms with van der Waals surface area (Å²) in [5.74, 6) is -3.27. The van der Waals surface area contributed by atoms with Crippen molar-refractivity contribution >= 4 is 56.0 Å². The van der Waals surface area contributed by atoms with Gasteiger partial charge >= 0.3 is 16.3 Å². The molecule has 0 aromatic heterocycles. The Labute approximate surface area is 214 Å². The number of nitrogens with one attached hydrogen (secondary N) is 4. The van der Waals surface area contributed by atoms with Crippen molar-refractivity contribution in [1.82, 2.24) is 14.9 Å². The number of hydrogen-bond donors (Lipinski definition) is 5. The highest BCUT2D eigenvalue weighted by Crippen LogP contribution is 2.33. The van der Waals surface area contributed by atoms with Crippen molar-refractivity contribution in [2.24, 2.45) is 0 Å². The molecule has 1 saturated heterocycles. The lowest BCUT2D eigenvalue weighted by Gasteiger charge is -2.32. The fourth-order valence-electron chi connectivity index (χ4n) is 3.58. The maximum atomic E-state index is 14.6. The monoisotopic (exact) mass is 627 g/mol. The molecule has 0 radical (unpaired) electrons. The van der Waals surface area contributed by atoms with Gasteiger partial charge in [0.1, 0.15) is 11.5 Å². The third-order valence-electron chi connectivity index (χ3n) is 5.38. The minimum Gasteiger partial charge on any atom is -0.465 e. The molecule has 0 aliphatic carbocycles. The van der Waals surface area contributed by atoms with Crippen molar-refractivity contribution in [3.63, 3.8) is 0 Å². The molecule has 2 aromatic rings. The molecule has 0 spiro atoms. The molecule has 0 bridgehead atoms. The Hall–Kier alpha value is -2.30. The van der Waals surface area contributed by atoms with E-state index in [-0.39, 0.29) is 30.5 Å². The molecular formula is C21H25F3IN5O4S. The molecule has 9 nitrogen and oxygen atoms in total. The van der Waals surface area contributed by atoms with Gasteiger partial charge in [-0.3, -0.25) is 4.72 Å². The Balaban J connectivity index is 1.64. The van der Waals surface area contributed by atoms with Crippen LogP contribution in [0.4, 0.5) is 35.0 Å². The van der Waals surface area contributed by atoms with Crippen molar-refractivity contribution in [3.8, 4) is 0 Å². The minimum atomic E-state index is -4.10. The molecule has 3 rings (SSSR count). The van der Waals surface area contributed by atoms with E-state index in [1.54, 1.807) is 6.07 Å². The molecule has 2 aromatic carbocycles. The van der Waals surface area contributed by atoms with E-state index in [9.17, 15) is 26.4 Å². The van der Waals surface area contributed by atoms with Crippen LogP contribution in [0.3, 0.4) is 0 Å². The van der Waals surface area contributed by atoms with E-state index in [1.165, 1.54) is 16.4 Å². The number of benzene rings is 2. The van der Waals surface area contributed by atoms with Crippen molar-refractivity contribution < 1.29 is 31.5 Å². The molecular weight excluding hydrogens is 602 g/mol. The van der Waals surface area contributed by atoms with Crippen molar-refractivity contribution in [3.05, 3.63) is 51.4 Å². The van der Waals surface area contributed by atoms with E-state index >= 15 is 0 Å². The van der Waals surface area contributed by atoms with Crippen LogP contribution >= 0.6 is 22.6 Å². The smallest absolute Gasteiger partial charge is 0.404 e. The van der Waals surface area contributed by atoms with Crippen LogP contribution in [0.25, 0.3) is 0 Å². The molecule has 1 fully saturated rings. The van der Waals surface area contributed by atoms with Crippen molar-refractivity contribution in [1.29, 1.82) is 0 Å². The first kappa shape index (κ1) is 27.3. The number of anilines is 3. The van der Waals surface area contributed by atoms with Gasteiger partial charge in [0.2, 0.25) is 0 Å². The highest BCUT2D eigenvalue weighted by Gasteiger charge is 2.29. The number of piperidine rings is 1. The number of nitrogens with zero attached hydrogens (tertiary/aromatic N) is 1. The summed E-state index contributed by atoms with van der Waals surface area (Å²) in [4.78, 5) is 10.4. The third kappa shape index (κ3) is 7.59. The summed E-state index contributed by atoms with van der Waals surface area (Å²) in [7, 11) is -4.10. The van der Waals surface area contributed by atoms with E-state index in [0.717, 1.165) is 12.1 Å². The van der Waals surface area contributed by atoms with Crippen LogP contribution in [0, 0.1) is 21.0 Å². The quantitative estimate of drug-likeness (QED) is 0.202. The van der Waals surface area contributed by atoms with E-state index in [1.807, 2.05) is 22.6 Å². The fraction of sp³-hybridized carbons (Fsp3) is 0.381. The second-order valence-corrected chi connectivity index (χ2v) is 10.8. The molecule has 5 N–H and O–H groups in total. The Morgan fingerprint density at radius 2 is 1.74 bits per heavy atom. The lowest BCUT2D eigenvalue weighted by atomic mass is 10.1. The number of carbonyl (C=O) groups is 1. The summed E-state index contributed by atoms with van der Waals surface area (Å²) in [5.41, 5.74) is -0.922. The summed E-state index contributed by atoms with van der Waals surface area (Å²) >= 11 is 1.90. The van der Waals surface area contributed by atoms with Crippen LogP contribution in [-0.2, 0) is 10.2 Å². The van der Waals surface area contributed by atoms with Crippen LogP contribution in [0.2, 0.25) is 0 Å². The van der Waals surface area contributed by atoms with Gasteiger partial charge < -0.3 is 21.1 Å². The van der Waals surface area contributed by atoms with Gasteiger partial charge in [-0.05, 0) is 78.7 Å². The second-order valence-electron chi connectivity index (χ2n) is 7.85. The van der Waals surface area contributed by atoms with E-state index < -0.39 is 39.4 Å². The zero-order valence-electron chi connectivity index (χ0n) is 18.5. The maximum Gasteiger partial charge on any atom is 0.404 e. The maximum absolute atomic E-state index is 14.6. The Morgan fingerprint density at radius 3 is 2.40 bits per heavy atom. The number of hydrogen-bond acceptors (Lipinski definition) is 5. The number of rotatable bonds is 10. The summed E-state index contributed by atoms with van der Waals surface area (Å²) in [6.45, 7) is 1.28. The fourth-order valence-corrected chi connectivity index (χ4v) is 5.30. The van der Waals surface area contributed by atoms with Crippen LogP contribution in [0.1, 0.15) is 19.3 Å². The SMILES string of the molecule is O=C(O)NCCCNC1CCN(S(=O)(=O)Nc2ccc(F)c(F)c2Nc2ccc(I)cc2F)CC1. The number of halogens is 4. The topological polar surface area (TPSA) is 123 Å². The largest absolute Gasteiger partial charge is 0.465 e. The van der Waals surface area contributed by atoms with Gasteiger partial charge in [0.05, 0.1) is 11.4 Å². The Morgan fingerprint density at radius 1 is 1.06 bits per heavy atom. The second kappa shape index (κ2) is 12.1. The van der Waals surface area contributed by atoms with Gasteiger partial charge in [0.15, 0.2) is 11.6 Å². The first-order valence-electron chi connectivity index (χ1n) is 10.7. The molecule has 0 atom stereocenters. The van der Waals surface area contributed by atoms with Gasteiger partial charge in [0, 0.05) is 29.2 Å². The predicted octanol–water partition coefficient (Wildman–Crippen LogP) is 3.82. The highest BCUT2D eigenvalue weighted by atomic mass is 127. The summed E-state index contributed by atoms with van der Waals surface area (Å²) in [5, 5.41) is 16.5. The van der Waals surface area contributed by atoms with Gasteiger partial charge in [-0.2, -0.15) is 12.7 Å². The third-order valence-corrected chi connectivity index (χ3v) is 7.58. The normalized spacial score (nSPS) is 15.1. The minimum absolute atomic E-state index is 0.0654. The van der Waals surface area contributed by atoms with Crippen LogP contribution in [0.15, 0.2) is 30.3 Å². The lowest BCUT2D eigenvalue weighted by molar-refractivity contribution is 0.194. The first-order chi connectivity index (χ1) is 16.6. The van der Waals surface area contributed by atoms with Crippen LogP contribution in [-0.4, -0.2) is 56.1 Å². The van der Waals surface area contributed by atoms with Crippen molar-refractivity contribution in [2.75, 3.05) is 36.2 Å². The average molecular weight is 627 g/mol. The van der Waals surface area contributed by atoms with Crippen LogP contribution < -0.4 is 20.7 Å². The van der Waals surface area contributed by atoms with Gasteiger partial charge in [-0.1, -0.05) is 0 Å². The van der Waals surface area contributed by atoms with Crippen LogP contribution in [0.5, 0.6) is 0 Å².